The fourth-order valence-corrected chi connectivity index (χ4v) is 3.91. The first-order valence-corrected chi connectivity index (χ1v) is 8.34. The van der Waals surface area contributed by atoms with Gasteiger partial charge in [-0.2, -0.15) is 0 Å². The summed E-state index contributed by atoms with van der Waals surface area (Å²) in [5.74, 6) is 0.206. The Morgan fingerprint density at radius 3 is 2.91 bits per heavy atom. The number of halogens is 2. The maximum atomic E-state index is 12.3. The fraction of sp³-hybridized carbons (Fsp3) is 0.375. The lowest BCUT2D eigenvalue weighted by molar-refractivity contribution is 0.0896. The Bertz CT molecular complexity index is 762. The van der Waals surface area contributed by atoms with E-state index in [1.54, 1.807) is 18.2 Å². The van der Waals surface area contributed by atoms with Gasteiger partial charge in [-0.15, -0.1) is 0 Å². The molecule has 0 radical (unpaired) electrons. The molecular formula is C16H15Cl2N3O2. The van der Waals surface area contributed by atoms with Crippen LogP contribution in [-0.2, 0) is 0 Å². The number of carbonyl (C=O) groups excluding carboxylic acids is 1. The van der Waals surface area contributed by atoms with Crippen LogP contribution >= 0.6 is 23.2 Å². The average Bonchev–Trinajstić information content (AvgIpc) is 3.23. The van der Waals surface area contributed by atoms with Crippen molar-refractivity contribution < 1.29 is 9.21 Å². The minimum atomic E-state index is -0.291. The molecule has 3 heterocycles. The second kappa shape index (κ2) is 5.82. The quantitative estimate of drug-likeness (QED) is 0.890. The minimum Gasteiger partial charge on any atom is -0.432 e. The maximum absolute atomic E-state index is 12.3. The van der Waals surface area contributed by atoms with Crippen molar-refractivity contribution in [3.05, 3.63) is 40.3 Å². The maximum Gasteiger partial charge on any atom is 0.307 e. The lowest BCUT2D eigenvalue weighted by atomic mass is 9.95. The summed E-state index contributed by atoms with van der Waals surface area (Å²) < 4.78 is 5.57. The van der Waals surface area contributed by atoms with Gasteiger partial charge in [-0.1, -0.05) is 23.2 Å². The van der Waals surface area contributed by atoms with Crippen LogP contribution in [0.15, 0.2) is 28.8 Å². The van der Waals surface area contributed by atoms with Crippen molar-refractivity contribution in [3.8, 4) is 11.3 Å². The normalized spacial score (nSPS) is 25.7. The Balaban J connectivity index is 1.50. The molecule has 1 aromatic carbocycles. The van der Waals surface area contributed by atoms with Crippen LogP contribution in [0.2, 0.25) is 10.0 Å². The Labute approximate surface area is 143 Å². The molecule has 2 aromatic rings. The molecule has 2 saturated heterocycles. The molecule has 4 rings (SSSR count). The molecule has 7 heteroatoms. The molecule has 2 aliphatic rings. The second-order valence-electron chi connectivity index (χ2n) is 6.02. The molecule has 1 aromatic heterocycles. The highest BCUT2D eigenvalue weighted by atomic mass is 35.5. The Morgan fingerprint density at radius 2 is 2.22 bits per heavy atom. The Kier molecular flexibility index (Phi) is 3.79. The van der Waals surface area contributed by atoms with E-state index in [4.69, 9.17) is 27.6 Å². The number of hydrogen-bond acceptors (Lipinski definition) is 4. The number of rotatable bonds is 3. The summed E-state index contributed by atoms with van der Waals surface area (Å²) in [6.07, 6.45) is 4.76. The SMILES string of the molecule is O=C(NC1CC2CCC1N2)c1ncc(-c2ccc(Cl)cc2Cl)o1. The van der Waals surface area contributed by atoms with Gasteiger partial charge in [0.1, 0.15) is 0 Å². The average molecular weight is 352 g/mol. The first-order chi connectivity index (χ1) is 11.1. The molecule has 3 unspecified atom stereocenters. The van der Waals surface area contributed by atoms with Crippen LogP contribution in [0.25, 0.3) is 11.3 Å². The lowest BCUT2D eigenvalue weighted by Crippen LogP contribution is -2.43. The zero-order valence-corrected chi connectivity index (χ0v) is 13.7. The van der Waals surface area contributed by atoms with Gasteiger partial charge in [-0.3, -0.25) is 4.79 Å². The van der Waals surface area contributed by atoms with Crippen molar-refractivity contribution in [2.24, 2.45) is 0 Å². The zero-order valence-electron chi connectivity index (χ0n) is 12.2. The second-order valence-corrected chi connectivity index (χ2v) is 6.86. The van der Waals surface area contributed by atoms with Crippen LogP contribution in [0.4, 0.5) is 0 Å². The molecular weight excluding hydrogens is 337 g/mol. The van der Waals surface area contributed by atoms with E-state index < -0.39 is 0 Å². The predicted octanol–water partition coefficient (Wildman–Crippen LogP) is 3.27. The molecule has 3 atom stereocenters. The van der Waals surface area contributed by atoms with Gasteiger partial charge in [0.05, 0.1) is 11.2 Å². The number of benzene rings is 1. The van der Waals surface area contributed by atoms with E-state index >= 15 is 0 Å². The smallest absolute Gasteiger partial charge is 0.307 e. The largest absolute Gasteiger partial charge is 0.432 e. The molecule has 0 spiro atoms. The van der Waals surface area contributed by atoms with E-state index in [0.29, 0.717) is 33.5 Å². The summed E-state index contributed by atoms with van der Waals surface area (Å²) in [7, 11) is 0. The molecule has 5 nitrogen and oxygen atoms in total. The molecule has 0 aliphatic carbocycles. The number of hydrogen-bond donors (Lipinski definition) is 2. The lowest BCUT2D eigenvalue weighted by Gasteiger charge is -2.20. The summed E-state index contributed by atoms with van der Waals surface area (Å²) in [6, 6.07) is 6.12. The molecule has 2 N–H and O–H groups in total. The monoisotopic (exact) mass is 351 g/mol. The predicted molar refractivity (Wildman–Crippen MR) is 87.8 cm³/mol. The highest BCUT2D eigenvalue weighted by Crippen LogP contribution is 2.31. The third kappa shape index (κ3) is 2.84. The molecule has 2 aliphatic heterocycles. The van der Waals surface area contributed by atoms with E-state index in [-0.39, 0.29) is 17.8 Å². The number of nitrogens with one attached hydrogen (secondary N) is 2. The number of oxazole rings is 1. The number of amides is 1. The molecule has 0 saturated carbocycles. The standard InChI is InChI=1S/C16H15Cl2N3O2/c17-8-1-3-10(11(18)5-8)14-7-19-16(23-14)15(22)21-13-6-9-2-4-12(13)20-9/h1,3,5,7,9,12-13,20H,2,4,6H2,(H,21,22). The fourth-order valence-electron chi connectivity index (χ4n) is 3.41. The topological polar surface area (TPSA) is 67.2 Å². The first kappa shape index (κ1) is 15.0. The van der Waals surface area contributed by atoms with Gasteiger partial charge in [-0.25, -0.2) is 4.98 Å². The van der Waals surface area contributed by atoms with Gasteiger partial charge in [0.2, 0.25) is 0 Å². The number of fused-ring (bicyclic) bond motifs is 2. The van der Waals surface area contributed by atoms with Crippen molar-refractivity contribution in [1.29, 1.82) is 0 Å². The summed E-state index contributed by atoms with van der Waals surface area (Å²) in [6.45, 7) is 0. The molecule has 2 fully saturated rings. The van der Waals surface area contributed by atoms with E-state index in [1.807, 2.05) is 0 Å². The Hall–Kier alpha value is -1.56. The minimum absolute atomic E-state index is 0.0498. The van der Waals surface area contributed by atoms with Gasteiger partial charge < -0.3 is 15.1 Å². The molecule has 23 heavy (non-hydrogen) atoms. The number of nitrogens with zero attached hydrogens (tertiary/aromatic N) is 1. The summed E-state index contributed by atoms with van der Waals surface area (Å²) in [4.78, 5) is 16.4. The van der Waals surface area contributed by atoms with Crippen molar-refractivity contribution in [2.75, 3.05) is 0 Å². The van der Waals surface area contributed by atoms with Gasteiger partial charge in [0, 0.05) is 28.7 Å². The van der Waals surface area contributed by atoms with E-state index in [0.717, 1.165) is 12.8 Å². The van der Waals surface area contributed by atoms with Gasteiger partial charge in [0.25, 0.3) is 5.89 Å². The summed E-state index contributed by atoms with van der Waals surface area (Å²) in [5, 5.41) is 7.48. The first-order valence-electron chi connectivity index (χ1n) is 7.58. The van der Waals surface area contributed by atoms with Gasteiger partial charge >= 0.3 is 5.91 Å². The van der Waals surface area contributed by atoms with Crippen molar-refractivity contribution in [1.82, 2.24) is 15.6 Å². The van der Waals surface area contributed by atoms with Gasteiger partial charge in [0.15, 0.2) is 5.76 Å². The van der Waals surface area contributed by atoms with Crippen LogP contribution in [0.3, 0.4) is 0 Å². The van der Waals surface area contributed by atoms with E-state index in [1.165, 1.54) is 12.6 Å². The number of carbonyl (C=O) groups is 1. The van der Waals surface area contributed by atoms with Crippen molar-refractivity contribution in [2.45, 2.75) is 37.4 Å². The summed E-state index contributed by atoms with van der Waals surface area (Å²) in [5.41, 5.74) is 0.657. The van der Waals surface area contributed by atoms with Crippen LogP contribution < -0.4 is 10.6 Å². The van der Waals surface area contributed by atoms with Gasteiger partial charge in [-0.05, 0) is 37.5 Å². The zero-order chi connectivity index (χ0) is 16.0. The van der Waals surface area contributed by atoms with Crippen LogP contribution in [-0.4, -0.2) is 29.0 Å². The van der Waals surface area contributed by atoms with Crippen molar-refractivity contribution in [3.63, 3.8) is 0 Å². The molecule has 1 amide bonds. The summed E-state index contributed by atoms with van der Waals surface area (Å²) >= 11 is 12.0. The van der Waals surface area contributed by atoms with E-state index in [2.05, 4.69) is 15.6 Å². The van der Waals surface area contributed by atoms with Crippen LogP contribution in [0, 0.1) is 0 Å². The number of aromatic nitrogens is 1. The highest BCUT2D eigenvalue weighted by Gasteiger charge is 2.40. The molecule has 120 valence electrons. The van der Waals surface area contributed by atoms with Crippen LogP contribution in [0.1, 0.15) is 29.9 Å². The Morgan fingerprint density at radius 1 is 1.35 bits per heavy atom. The van der Waals surface area contributed by atoms with E-state index in [9.17, 15) is 4.79 Å². The highest BCUT2D eigenvalue weighted by molar-refractivity contribution is 6.36. The molecule has 2 bridgehead atoms. The third-order valence-corrected chi connectivity index (χ3v) is 5.06. The van der Waals surface area contributed by atoms with Crippen LogP contribution in [0.5, 0.6) is 0 Å². The third-order valence-electron chi connectivity index (χ3n) is 4.51. The van der Waals surface area contributed by atoms with Crippen molar-refractivity contribution >= 4 is 29.1 Å².